The number of ether oxygens (including phenoxy) is 1. The van der Waals surface area contributed by atoms with Gasteiger partial charge in [0.2, 0.25) is 5.91 Å². The number of halogens is 1. The number of hydrogen-bond donors (Lipinski definition) is 1. The van der Waals surface area contributed by atoms with E-state index in [1.165, 1.54) is 19.2 Å². The fraction of sp³-hybridized carbons (Fsp3) is 0.217. The highest BCUT2D eigenvalue weighted by Gasteiger charge is 2.26. The number of nitrogens with zero attached hydrogens (tertiary/aromatic N) is 3. The number of anilines is 2. The molecule has 2 heterocycles. The Morgan fingerprint density at radius 3 is 2.75 bits per heavy atom. The van der Waals surface area contributed by atoms with E-state index in [9.17, 15) is 14.4 Å². The zero-order chi connectivity index (χ0) is 22.7. The predicted molar refractivity (Wildman–Crippen MR) is 122 cm³/mol. The third kappa shape index (κ3) is 4.50. The van der Waals surface area contributed by atoms with Gasteiger partial charge in [-0.15, -0.1) is 0 Å². The van der Waals surface area contributed by atoms with Gasteiger partial charge in [0.25, 0.3) is 11.5 Å². The molecule has 1 aliphatic heterocycles. The lowest BCUT2D eigenvalue weighted by atomic mass is 10.2. The largest absolute Gasteiger partial charge is 0.495 e. The van der Waals surface area contributed by atoms with Crippen molar-refractivity contribution in [1.29, 1.82) is 0 Å². The van der Waals surface area contributed by atoms with Gasteiger partial charge in [-0.25, -0.2) is 4.68 Å². The van der Waals surface area contributed by atoms with Crippen LogP contribution in [0.1, 0.15) is 22.5 Å². The van der Waals surface area contributed by atoms with Crippen molar-refractivity contribution in [2.24, 2.45) is 0 Å². The van der Waals surface area contributed by atoms with Gasteiger partial charge in [0.05, 0.1) is 18.7 Å². The molecule has 9 heteroatoms. The molecule has 0 spiro atoms. The molecule has 2 amide bonds. The van der Waals surface area contributed by atoms with Crippen molar-refractivity contribution in [2.45, 2.75) is 19.4 Å². The Kier molecular flexibility index (Phi) is 6.23. The molecule has 1 aliphatic rings. The topological polar surface area (TPSA) is 93.5 Å². The van der Waals surface area contributed by atoms with Gasteiger partial charge >= 0.3 is 0 Å². The lowest BCUT2D eigenvalue weighted by Gasteiger charge is -2.17. The quantitative estimate of drug-likeness (QED) is 0.620. The molecule has 4 rings (SSSR count). The third-order valence-corrected chi connectivity index (χ3v) is 5.50. The number of nitrogens with one attached hydrogen (secondary N) is 1. The van der Waals surface area contributed by atoms with Crippen molar-refractivity contribution in [3.63, 3.8) is 0 Å². The minimum absolute atomic E-state index is 0.000741. The maximum Gasteiger partial charge on any atom is 0.278 e. The van der Waals surface area contributed by atoms with Crippen LogP contribution in [0.4, 0.5) is 11.4 Å². The normalized spacial score (nSPS) is 12.4. The standard InChI is InChI=1S/C23H21ClN4O4/c1-32-20-8-6-16(14-17(20)24)25-21(29)11-13-28-22(30)9-7-18(26-28)23(31)27-12-10-15-4-2-3-5-19(15)27/h2-9,14H,10-13H2,1H3,(H,25,29). The smallest absolute Gasteiger partial charge is 0.278 e. The van der Waals surface area contributed by atoms with Gasteiger partial charge in [-0.3, -0.25) is 14.4 Å². The van der Waals surface area contributed by atoms with Crippen molar-refractivity contribution in [2.75, 3.05) is 23.9 Å². The predicted octanol–water partition coefficient (Wildman–Crippen LogP) is 3.14. The molecule has 1 aromatic heterocycles. The Balaban J connectivity index is 1.43. The molecule has 3 aromatic rings. The fourth-order valence-electron chi connectivity index (χ4n) is 3.59. The lowest BCUT2D eigenvalue weighted by molar-refractivity contribution is -0.116. The molecule has 164 valence electrons. The minimum atomic E-state index is -0.385. The van der Waals surface area contributed by atoms with Crippen molar-refractivity contribution in [1.82, 2.24) is 9.78 Å². The van der Waals surface area contributed by atoms with Gasteiger partial charge < -0.3 is 15.0 Å². The summed E-state index contributed by atoms with van der Waals surface area (Å²) in [5.74, 6) is -0.0892. The number of methoxy groups -OCH3 is 1. The molecule has 0 unspecified atom stereocenters. The van der Waals surface area contributed by atoms with Crippen LogP contribution in [-0.4, -0.2) is 35.2 Å². The second kappa shape index (κ2) is 9.23. The van der Waals surface area contributed by atoms with Gasteiger partial charge in [0.15, 0.2) is 0 Å². The Bertz CT molecular complexity index is 1240. The van der Waals surface area contributed by atoms with Crippen LogP contribution in [0.2, 0.25) is 5.02 Å². The van der Waals surface area contributed by atoms with E-state index in [1.54, 1.807) is 23.1 Å². The third-order valence-electron chi connectivity index (χ3n) is 5.20. The molecule has 1 N–H and O–H groups in total. The highest BCUT2D eigenvalue weighted by atomic mass is 35.5. The zero-order valence-electron chi connectivity index (χ0n) is 17.4. The second-order valence-electron chi connectivity index (χ2n) is 7.26. The molecular formula is C23H21ClN4O4. The summed E-state index contributed by atoms with van der Waals surface area (Å²) in [6, 6.07) is 15.3. The van der Waals surface area contributed by atoms with E-state index in [0.29, 0.717) is 23.0 Å². The van der Waals surface area contributed by atoms with Crippen LogP contribution in [0.5, 0.6) is 5.75 Å². The molecule has 0 bridgehead atoms. The summed E-state index contributed by atoms with van der Waals surface area (Å²) < 4.78 is 6.22. The summed E-state index contributed by atoms with van der Waals surface area (Å²) in [5, 5.41) is 7.29. The lowest BCUT2D eigenvalue weighted by Crippen LogP contribution is -2.33. The van der Waals surface area contributed by atoms with Crippen molar-refractivity contribution in [3.8, 4) is 5.75 Å². The van der Waals surface area contributed by atoms with Crippen LogP contribution in [-0.2, 0) is 17.8 Å². The molecule has 0 atom stereocenters. The van der Waals surface area contributed by atoms with E-state index in [2.05, 4.69) is 10.4 Å². The highest BCUT2D eigenvalue weighted by Crippen LogP contribution is 2.29. The Morgan fingerprint density at radius 2 is 1.97 bits per heavy atom. The number of benzene rings is 2. The van der Waals surface area contributed by atoms with Gasteiger partial charge in [-0.05, 0) is 42.3 Å². The van der Waals surface area contributed by atoms with Gasteiger partial charge in [0.1, 0.15) is 11.4 Å². The van der Waals surface area contributed by atoms with Crippen molar-refractivity contribution >= 4 is 34.8 Å². The molecular weight excluding hydrogens is 432 g/mol. The number of para-hydroxylation sites is 1. The molecule has 8 nitrogen and oxygen atoms in total. The number of rotatable bonds is 6. The van der Waals surface area contributed by atoms with E-state index in [0.717, 1.165) is 22.4 Å². The number of aryl methyl sites for hydroxylation is 1. The summed E-state index contributed by atoms with van der Waals surface area (Å²) in [6.45, 7) is 0.595. The van der Waals surface area contributed by atoms with Crippen LogP contribution in [0, 0.1) is 0 Å². The highest BCUT2D eigenvalue weighted by molar-refractivity contribution is 6.32. The van der Waals surface area contributed by atoms with Crippen molar-refractivity contribution < 1.29 is 14.3 Å². The molecule has 32 heavy (non-hydrogen) atoms. The summed E-state index contributed by atoms with van der Waals surface area (Å²) in [6.07, 6.45) is 0.776. The molecule has 0 saturated heterocycles. The first-order valence-corrected chi connectivity index (χ1v) is 10.5. The molecule has 0 aliphatic carbocycles. The number of aromatic nitrogens is 2. The summed E-state index contributed by atoms with van der Waals surface area (Å²) in [4.78, 5) is 39.2. The number of carbonyl (C=O) groups excluding carboxylic acids is 2. The van der Waals surface area contributed by atoms with Crippen LogP contribution < -0.4 is 20.5 Å². The average Bonchev–Trinajstić information content (AvgIpc) is 3.22. The minimum Gasteiger partial charge on any atom is -0.495 e. The number of amides is 2. The Hall–Kier alpha value is -3.65. The maximum absolute atomic E-state index is 13.0. The first kappa shape index (κ1) is 21.6. The van der Waals surface area contributed by atoms with Crippen molar-refractivity contribution in [3.05, 3.63) is 81.2 Å². The van der Waals surface area contributed by atoms with E-state index < -0.39 is 0 Å². The number of carbonyl (C=O) groups is 2. The first-order valence-electron chi connectivity index (χ1n) is 10.1. The monoisotopic (exact) mass is 452 g/mol. The zero-order valence-corrected chi connectivity index (χ0v) is 18.1. The van der Waals surface area contributed by atoms with Gasteiger partial charge in [-0.1, -0.05) is 29.8 Å². The molecule has 2 aromatic carbocycles. The number of fused-ring (bicyclic) bond motifs is 1. The Labute approximate surface area is 189 Å². The van der Waals surface area contributed by atoms with Crippen LogP contribution in [0.25, 0.3) is 0 Å². The van der Waals surface area contributed by atoms with Gasteiger partial charge in [0, 0.05) is 30.4 Å². The average molecular weight is 453 g/mol. The van der Waals surface area contributed by atoms with Gasteiger partial charge in [-0.2, -0.15) is 5.10 Å². The molecule has 0 saturated carbocycles. The summed E-state index contributed by atoms with van der Waals surface area (Å²) in [5.41, 5.74) is 2.24. The summed E-state index contributed by atoms with van der Waals surface area (Å²) in [7, 11) is 1.51. The Morgan fingerprint density at radius 1 is 1.16 bits per heavy atom. The maximum atomic E-state index is 13.0. The van der Waals surface area contributed by atoms with E-state index in [4.69, 9.17) is 16.3 Å². The fourth-order valence-corrected chi connectivity index (χ4v) is 3.84. The van der Waals surface area contributed by atoms with Crippen LogP contribution >= 0.6 is 11.6 Å². The van der Waals surface area contributed by atoms with Crippen LogP contribution in [0.3, 0.4) is 0 Å². The first-order chi connectivity index (χ1) is 15.5. The second-order valence-corrected chi connectivity index (χ2v) is 7.67. The molecule has 0 radical (unpaired) electrons. The number of hydrogen-bond acceptors (Lipinski definition) is 5. The SMILES string of the molecule is COc1ccc(NC(=O)CCn2nc(C(=O)N3CCc4ccccc43)ccc2=O)cc1Cl. The van der Waals surface area contributed by atoms with Crippen LogP contribution in [0.15, 0.2) is 59.4 Å². The molecule has 0 fully saturated rings. The van der Waals surface area contributed by atoms with E-state index >= 15 is 0 Å². The van der Waals surface area contributed by atoms with E-state index in [-0.39, 0.29) is 36.0 Å². The van der Waals surface area contributed by atoms with E-state index in [1.807, 2.05) is 24.3 Å². The summed E-state index contributed by atoms with van der Waals surface area (Å²) >= 11 is 6.07.